The molecule has 7 heteroatoms. The van der Waals surface area contributed by atoms with Gasteiger partial charge < -0.3 is 15.3 Å². The minimum absolute atomic E-state index is 0.0963. The minimum atomic E-state index is -1.08. The Kier molecular flexibility index (Phi) is 7.04. The van der Waals surface area contributed by atoms with Gasteiger partial charge in [0.1, 0.15) is 6.04 Å². The fourth-order valence-corrected chi connectivity index (χ4v) is 2.35. The summed E-state index contributed by atoms with van der Waals surface area (Å²) in [5, 5.41) is 11.7. The van der Waals surface area contributed by atoms with Gasteiger partial charge in [-0.2, -0.15) is 0 Å². The third-order valence-electron chi connectivity index (χ3n) is 3.17. The van der Waals surface area contributed by atoms with E-state index in [0.717, 1.165) is 10.0 Å². The third-order valence-corrected chi connectivity index (χ3v) is 3.95. The summed E-state index contributed by atoms with van der Waals surface area (Å²) < 4.78 is 0.799. The zero-order chi connectivity index (χ0) is 16.7. The molecule has 0 heterocycles. The van der Waals surface area contributed by atoms with Crippen LogP contribution in [0.25, 0.3) is 0 Å². The highest BCUT2D eigenvalue weighted by atomic mass is 79.9. The van der Waals surface area contributed by atoms with Crippen LogP contribution in [0.2, 0.25) is 0 Å². The average molecular weight is 371 g/mol. The number of halogens is 1. The third kappa shape index (κ3) is 5.48. The van der Waals surface area contributed by atoms with Crippen LogP contribution in [-0.2, 0) is 20.8 Å². The summed E-state index contributed by atoms with van der Waals surface area (Å²) in [6.45, 7) is 3.19. The van der Waals surface area contributed by atoms with Gasteiger partial charge in [-0.15, -0.1) is 0 Å². The van der Waals surface area contributed by atoms with E-state index in [1.807, 2.05) is 18.2 Å². The predicted octanol–water partition coefficient (Wildman–Crippen LogP) is 1.43. The number of amides is 2. The number of aliphatic carboxylic acids is 1. The number of carbonyl (C=O) groups is 3. The quantitative estimate of drug-likeness (QED) is 0.759. The SMILES string of the molecule is CC(=O)NCCN(C(=O)Cc1ccccc1Br)C(C)C(=O)O. The standard InChI is InChI=1S/C15H19BrN2O4/c1-10(15(21)22)18(8-7-17-11(2)19)14(20)9-12-5-3-4-6-13(12)16/h3-6,10H,7-9H2,1-2H3,(H,17,19)(H,21,22). The molecule has 1 rings (SSSR count). The molecule has 0 spiro atoms. The van der Waals surface area contributed by atoms with Crippen LogP contribution >= 0.6 is 15.9 Å². The fourth-order valence-electron chi connectivity index (χ4n) is 1.93. The first-order valence-corrected chi connectivity index (χ1v) is 7.62. The Morgan fingerprint density at radius 2 is 1.95 bits per heavy atom. The van der Waals surface area contributed by atoms with Gasteiger partial charge in [0.15, 0.2) is 0 Å². The molecule has 2 N–H and O–H groups in total. The molecule has 6 nitrogen and oxygen atoms in total. The van der Waals surface area contributed by atoms with Crippen molar-refractivity contribution >= 4 is 33.7 Å². The number of rotatable bonds is 7. The van der Waals surface area contributed by atoms with E-state index in [2.05, 4.69) is 21.2 Å². The molecule has 0 saturated heterocycles. The summed E-state index contributed by atoms with van der Waals surface area (Å²) in [4.78, 5) is 35.7. The largest absolute Gasteiger partial charge is 0.480 e. The average Bonchev–Trinajstić information content (AvgIpc) is 2.44. The summed E-state index contributed by atoms with van der Waals surface area (Å²) >= 11 is 3.37. The maximum absolute atomic E-state index is 12.4. The van der Waals surface area contributed by atoms with Gasteiger partial charge in [-0.25, -0.2) is 4.79 Å². The molecular weight excluding hydrogens is 352 g/mol. The molecule has 0 aliphatic rings. The van der Waals surface area contributed by atoms with Crippen molar-refractivity contribution in [1.82, 2.24) is 10.2 Å². The molecule has 1 aromatic rings. The molecule has 0 aliphatic carbocycles. The lowest BCUT2D eigenvalue weighted by molar-refractivity contribution is -0.149. The van der Waals surface area contributed by atoms with Crippen molar-refractivity contribution < 1.29 is 19.5 Å². The molecule has 2 amide bonds. The first kappa shape index (κ1) is 18.2. The molecule has 1 aromatic carbocycles. The monoisotopic (exact) mass is 370 g/mol. The van der Waals surface area contributed by atoms with E-state index in [1.54, 1.807) is 6.07 Å². The zero-order valence-electron chi connectivity index (χ0n) is 12.5. The van der Waals surface area contributed by atoms with Crippen LogP contribution < -0.4 is 5.32 Å². The van der Waals surface area contributed by atoms with Gasteiger partial charge in [-0.1, -0.05) is 34.1 Å². The van der Waals surface area contributed by atoms with Crippen molar-refractivity contribution in [3.05, 3.63) is 34.3 Å². The van der Waals surface area contributed by atoms with Crippen LogP contribution in [-0.4, -0.2) is 46.9 Å². The second-order valence-corrected chi connectivity index (χ2v) is 5.71. The smallest absolute Gasteiger partial charge is 0.326 e. The molecule has 22 heavy (non-hydrogen) atoms. The van der Waals surface area contributed by atoms with Crippen LogP contribution in [0.15, 0.2) is 28.7 Å². The number of hydrogen-bond acceptors (Lipinski definition) is 3. The lowest BCUT2D eigenvalue weighted by Gasteiger charge is -2.27. The van der Waals surface area contributed by atoms with E-state index in [0.29, 0.717) is 0 Å². The second kappa shape index (κ2) is 8.53. The van der Waals surface area contributed by atoms with Crippen molar-refractivity contribution in [2.75, 3.05) is 13.1 Å². The molecule has 0 fully saturated rings. The summed E-state index contributed by atoms with van der Waals surface area (Å²) in [6.07, 6.45) is 0.0963. The molecular formula is C15H19BrN2O4. The topological polar surface area (TPSA) is 86.7 Å². The molecule has 0 bridgehead atoms. The minimum Gasteiger partial charge on any atom is -0.480 e. The highest BCUT2D eigenvalue weighted by Crippen LogP contribution is 2.17. The number of carbonyl (C=O) groups excluding carboxylic acids is 2. The first-order valence-electron chi connectivity index (χ1n) is 6.83. The predicted molar refractivity (Wildman–Crippen MR) is 85.3 cm³/mol. The highest BCUT2D eigenvalue weighted by molar-refractivity contribution is 9.10. The van der Waals surface area contributed by atoms with Gasteiger partial charge in [-0.05, 0) is 18.6 Å². The van der Waals surface area contributed by atoms with Gasteiger partial charge in [-0.3, -0.25) is 9.59 Å². The van der Waals surface area contributed by atoms with Gasteiger partial charge in [0.2, 0.25) is 11.8 Å². The maximum atomic E-state index is 12.4. The van der Waals surface area contributed by atoms with E-state index >= 15 is 0 Å². The van der Waals surface area contributed by atoms with Crippen LogP contribution in [0, 0.1) is 0 Å². The van der Waals surface area contributed by atoms with Gasteiger partial charge in [0.05, 0.1) is 6.42 Å². The molecule has 1 unspecified atom stereocenters. The lowest BCUT2D eigenvalue weighted by Crippen LogP contribution is -2.47. The van der Waals surface area contributed by atoms with E-state index < -0.39 is 12.0 Å². The molecule has 0 aromatic heterocycles. The maximum Gasteiger partial charge on any atom is 0.326 e. The van der Waals surface area contributed by atoms with Crippen molar-refractivity contribution in [2.24, 2.45) is 0 Å². The summed E-state index contributed by atoms with van der Waals surface area (Å²) in [6, 6.07) is 6.33. The van der Waals surface area contributed by atoms with E-state index in [9.17, 15) is 14.4 Å². The van der Waals surface area contributed by atoms with Crippen molar-refractivity contribution in [1.29, 1.82) is 0 Å². The van der Waals surface area contributed by atoms with Gasteiger partial charge in [0.25, 0.3) is 0 Å². The molecule has 120 valence electrons. The van der Waals surface area contributed by atoms with Crippen LogP contribution in [0.4, 0.5) is 0 Å². The zero-order valence-corrected chi connectivity index (χ0v) is 14.1. The lowest BCUT2D eigenvalue weighted by atomic mass is 10.1. The van der Waals surface area contributed by atoms with E-state index in [4.69, 9.17) is 5.11 Å². The fraction of sp³-hybridized carbons (Fsp3) is 0.400. The Balaban J connectivity index is 2.80. The Hall–Kier alpha value is -1.89. The summed E-state index contributed by atoms with van der Waals surface area (Å²) in [7, 11) is 0. The highest BCUT2D eigenvalue weighted by Gasteiger charge is 2.25. The Morgan fingerprint density at radius 3 is 2.50 bits per heavy atom. The van der Waals surface area contributed by atoms with Crippen LogP contribution in [0.5, 0.6) is 0 Å². The Labute approximate surface area is 137 Å². The first-order chi connectivity index (χ1) is 10.3. The number of benzene rings is 1. The molecule has 1 atom stereocenters. The number of hydrogen-bond donors (Lipinski definition) is 2. The Morgan fingerprint density at radius 1 is 1.32 bits per heavy atom. The molecule has 0 aliphatic heterocycles. The van der Waals surface area contributed by atoms with Crippen LogP contribution in [0.1, 0.15) is 19.4 Å². The van der Waals surface area contributed by atoms with Gasteiger partial charge >= 0.3 is 5.97 Å². The molecule has 0 radical (unpaired) electrons. The number of nitrogens with zero attached hydrogens (tertiary/aromatic N) is 1. The number of carboxylic acid groups (broad SMARTS) is 1. The summed E-state index contributed by atoms with van der Waals surface area (Å²) in [5.74, 6) is -1.60. The van der Waals surface area contributed by atoms with E-state index in [-0.39, 0.29) is 31.3 Å². The van der Waals surface area contributed by atoms with Crippen molar-refractivity contribution in [2.45, 2.75) is 26.3 Å². The van der Waals surface area contributed by atoms with E-state index in [1.165, 1.54) is 18.7 Å². The number of nitrogens with one attached hydrogen (secondary N) is 1. The normalized spacial score (nSPS) is 11.6. The van der Waals surface area contributed by atoms with Crippen molar-refractivity contribution in [3.63, 3.8) is 0 Å². The molecule has 0 saturated carbocycles. The van der Waals surface area contributed by atoms with Crippen LogP contribution in [0.3, 0.4) is 0 Å². The number of carboxylic acids is 1. The summed E-state index contributed by atoms with van der Waals surface area (Å²) in [5.41, 5.74) is 0.787. The van der Waals surface area contributed by atoms with Crippen molar-refractivity contribution in [3.8, 4) is 0 Å². The Bertz CT molecular complexity index is 562. The van der Waals surface area contributed by atoms with Gasteiger partial charge in [0, 0.05) is 24.5 Å². The second-order valence-electron chi connectivity index (χ2n) is 4.85.